The van der Waals surface area contributed by atoms with Crippen LogP contribution in [0, 0.1) is 0 Å². The second kappa shape index (κ2) is 10.4. The number of para-hydroxylation sites is 2. The molecule has 0 spiro atoms. The van der Waals surface area contributed by atoms with E-state index in [9.17, 15) is 13.2 Å². The third-order valence-corrected chi connectivity index (χ3v) is 7.43. The van der Waals surface area contributed by atoms with E-state index in [0.717, 1.165) is 25.9 Å². The van der Waals surface area contributed by atoms with Crippen LogP contribution in [0.4, 0.5) is 5.69 Å². The highest BCUT2D eigenvalue weighted by atomic mass is 32.2. The molecule has 0 saturated carbocycles. The molecule has 0 radical (unpaired) electrons. The van der Waals surface area contributed by atoms with E-state index in [4.69, 9.17) is 14.2 Å². The fourth-order valence-electron chi connectivity index (χ4n) is 3.75. The quantitative estimate of drug-likeness (QED) is 0.683. The van der Waals surface area contributed by atoms with Crippen molar-refractivity contribution in [2.24, 2.45) is 0 Å². The third kappa shape index (κ3) is 5.47. The number of carbonyl (C=O) groups excluding carboxylic acids is 1. The number of carbonyl (C=O) groups is 1. The molecule has 4 rings (SSSR count). The van der Waals surface area contributed by atoms with E-state index in [1.54, 1.807) is 30.3 Å². The summed E-state index contributed by atoms with van der Waals surface area (Å²) < 4.78 is 44.1. The molecule has 1 unspecified atom stereocenters. The molecular formula is C23H28N2O6S. The van der Waals surface area contributed by atoms with Crippen LogP contribution in [-0.4, -0.2) is 64.3 Å². The fraction of sp³-hybridized carbons (Fsp3) is 0.435. The second-order valence-electron chi connectivity index (χ2n) is 7.79. The highest BCUT2D eigenvalue weighted by molar-refractivity contribution is 7.89. The summed E-state index contributed by atoms with van der Waals surface area (Å²) in [6.07, 6.45) is 3.20. The van der Waals surface area contributed by atoms with Gasteiger partial charge in [0.15, 0.2) is 0 Å². The van der Waals surface area contributed by atoms with Crippen molar-refractivity contribution in [2.75, 3.05) is 44.8 Å². The number of nitrogens with zero attached hydrogens (tertiary/aromatic N) is 1. The van der Waals surface area contributed by atoms with Gasteiger partial charge >= 0.3 is 0 Å². The van der Waals surface area contributed by atoms with Crippen molar-refractivity contribution in [3.8, 4) is 5.75 Å². The zero-order valence-electron chi connectivity index (χ0n) is 17.9. The number of amides is 1. The van der Waals surface area contributed by atoms with Crippen LogP contribution in [0.2, 0.25) is 0 Å². The number of rotatable bonds is 7. The molecule has 0 aromatic heterocycles. The minimum absolute atomic E-state index is 0.0505. The summed E-state index contributed by atoms with van der Waals surface area (Å²) in [6, 6.07) is 13.3. The molecule has 2 heterocycles. The standard InChI is InChI=1S/C23H28N2O6S/c26-23(18-6-5-8-20(16-18)32(27,28)25-11-14-29-15-12-25)24-21-9-1-2-10-22(21)31-17-19-7-3-4-13-30-19/h1-2,5-6,8-10,16,19H,3-4,7,11-15,17H2,(H,24,26). The van der Waals surface area contributed by atoms with Crippen molar-refractivity contribution in [1.82, 2.24) is 4.31 Å². The van der Waals surface area contributed by atoms with Gasteiger partial charge in [-0.25, -0.2) is 8.42 Å². The maximum absolute atomic E-state index is 12.9. The van der Waals surface area contributed by atoms with Crippen molar-refractivity contribution < 1.29 is 27.4 Å². The number of nitrogens with one attached hydrogen (secondary N) is 1. The van der Waals surface area contributed by atoms with Crippen LogP contribution in [0.3, 0.4) is 0 Å². The van der Waals surface area contributed by atoms with Crippen LogP contribution in [-0.2, 0) is 19.5 Å². The van der Waals surface area contributed by atoms with Crippen molar-refractivity contribution in [1.29, 1.82) is 0 Å². The zero-order valence-corrected chi connectivity index (χ0v) is 18.7. The van der Waals surface area contributed by atoms with Gasteiger partial charge in [-0.3, -0.25) is 4.79 Å². The molecule has 172 valence electrons. The van der Waals surface area contributed by atoms with E-state index in [-0.39, 0.29) is 16.6 Å². The van der Waals surface area contributed by atoms with Gasteiger partial charge in [0.05, 0.1) is 29.9 Å². The van der Waals surface area contributed by atoms with Gasteiger partial charge < -0.3 is 19.5 Å². The van der Waals surface area contributed by atoms with Gasteiger partial charge in [0.1, 0.15) is 12.4 Å². The van der Waals surface area contributed by atoms with Gasteiger partial charge in [-0.15, -0.1) is 0 Å². The van der Waals surface area contributed by atoms with E-state index in [1.807, 2.05) is 6.07 Å². The first-order valence-corrected chi connectivity index (χ1v) is 12.3. The molecule has 1 amide bonds. The van der Waals surface area contributed by atoms with Gasteiger partial charge in [0, 0.05) is 25.3 Å². The Morgan fingerprint density at radius 1 is 1.06 bits per heavy atom. The molecular weight excluding hydrogens is 432 g/mol. The van der Waals surface area contributed by atoms with Gasteiger partial charge in [-0.1, -0.05) is 18.2 Å². The number of morpholine rings is 1. The Labute approximate surface area is 188 Å². The molecule has 32 heavy (non-hydrogen) atoms. The molecule has 1 atom stereocenters. The Kier molecular flexibility index (Phi) is 7.41. The highest BCUT2D eigenvalue weighted by Gasteiger charge is 2.27. The SMILES string of the molecule is O=C(Nc1ccccc1OCC1CCCCO1)c1cccc(S(=O)(=O)N2CCOCC2)c1. The van der Waals surface area contributed by atoms with Gasteiger partial charge in [0.25, 0.3) is 5.91 Å². The molecule has 2 aliphatic heterocycles. The lowest BCUT2D eigenvalue weighted by Crippen LogP contribution is -2.40. The Morgan fingerprint density at radius 2 is 1.88 bits per heavy atom. The molecule has 1 N–H and O–H groups in total. The van der Waals surface area contributed by atoms with Crippen LogP contribution in [0.1, 0.15) is 29.6 Å². The van der Waals surface area contributed by atoms with Crippen LogP contribution in [0.25, 0.3) is 0 Å². The minimum atomic E-state index is -3.69. The first-order valence-electron chi connectivity index (χ1n) is 10.9. The van der Waals surface area contributed by atoms with E-state index < -0.39 is 15.9 Å². The summed E-state index contributed by atoms with van der Waals surface area (Å²) in [6.45, 7) is 2.49. The summed E-state index contributed by atoms with van der Waals surface area (Å²) in [7, 11) is -3.69. The molecule has 0 aliphatic carbocycles. The minimum Gasteiger partial charge on any atom is -0.489 e. The highest BCUT2D eigenvalue weighted by Crippen LogP contribution is 2.26. The van der Waals surface area contributed by atoms with E-state index in [1.165, 1.54) is 16.4 Å². The molecule has 9 heteroatoms. The summed E-state index contributed by atoms with van der Waals surface area (Å²) >= 11 is 0. The third-order valence-electron chi connectivity index (χ3n) is 5.54. The van der Waals surface area contributed by atoms with E-state index in [2.05, 4.69) is 5.32 Å². The number of hydrogen-bond donors (Lipinski definition) is 1. The second-order valence-corrected chi connectivity index (χ2v) is 9.73. The summed E-state index contributed by atoms with van der Waals surface area (Å²) in [5, 5.41) is 2.84. The average Bonchev–Trinajstić information content (AvgIpc) is 2.85. The van der Waals surface area contributed by atoms with Crippen LogP contribution in [0.5, 0.6) is 5.75 Å². The van der Waals surface area contributed by atoms with Crippen LogP contribution >= 0.6 is 0 Å². The summed E-state index contributed by atoms with van der Waals surface area (Å²) in [5.74, 6) is 0.140. The average molecular weight is 461 g/mol. The van der Waals surface area contributed by atoms with Gasteiger partial charge in [0.2, 0.25) is 10.0 Å². The topological polar surface area (TPSA) is 94.2 Å². The molecule has 2 aromatic carbocycles. The molecule has 0 bridgehead atoms. The summed E-state index contributed by atoms with van der Waals surface area (Å²) in [4.78, 5) is 13.0. The maximum Gasteiger partial charge on any atom is 0.255 e. The number of ether oxygens (including phenoxy) is 3. The molecule has 2 aromatic rings. The van der Waals surface area contributed by atoms with Crippen LogP contribution < -0.4 is 10.1 Å². The molecule has 8 nitrogen and oxygen atoms in total. The van der Waals surface area contributed by atoms with Crippen molar-refractivity contribution in [3.05, 3.63) is 54.1 Å². The lowest BCUT2D eigenvalue weighted by molar-refractivity contribution is -0.0109. The lowest BCUT2D eigenvalue weighted by Gasteiger charge is -2.26. The van der Waals surface area contributed by atoms with Gasteiger partial charge in [-0.2, -0.15) is 4.31 Å². The Balaban J connectivity index is 1.46. The Bertz CT molecular complexity index is 1030. The Morgan fingerprint density at radius 3 is 2.66 bits per heavy atom. The predicted molar refractivity (Wildman–Crippen MR) is 120 cm³/mol. The zero-order chi connectivity index (χ0) is 22.4. The Hall–Kier alpha value is -2.46. The predicted octanol–water partition coefficient (Wildman–Crippen LogP) is 2.91. The normalized spacial score (nSPS) is 19.9. The van der Waals surface area contributed by atoms with Gasteiger partial charge in [-0.05, 0) is 49.6 Å². The number of sulfonamides is 1. The van der Waals surface area contributed by atoms with Crippen molar-refractivity contribution in [3.63, 3.8) is 0 Å². The number of hydrogen-bond acceptors (Lipinski definition) is 6. The molecule has 2 saturated heterocycles. The van der Waals surface area contributed by atoms with Crippen LogP contribution in [0.15, 0.2) is 53.4 Å². The number of anilines is 1. The lowest BCUT2D eigenvalue weighted by atomic mass is 10.1. The van der Waals surface area contributed by atoms with E-state index >= 15 is 0 Å². The smallest absolute Gasteiger partial charge is 0.255 e. The first kappa shape index (κ1) is 22.7. The molecule has 2 fully saturated rings. The maximum atomic E-state index is 12.9. The van der Waals surface area contributed by atoms with E-state index in [0.29, 0.717) is 44.3 Å². The monoisotopic (exact) mass is 460 g/mol. The number of benzene rings is 2. The van der Waals surface area contributed by atoms with Crippen molar-refractivity contribution in [2.45, 2.75) is 30.3 Å². The summed E-state index contributed by atoms with van der Waals surface area (Å²) in [5.41, 5.74) is 0.777. The largest absolute Gasteiger partial charge is 0.489 e. The van der Waals surface area contributed by atoms with Crippen molar-refractivity contribution >= 4 is 21.6 Å². The molecule has 2 aliphatic rings. The first-order chi connectivity index (χ1) is 15.5. The fourth-order valence-corrected chi connectivity index (χ4v) is 5.20.